The summed E-state index contributed by atoms with van der Waals surface area (Å²) in [6.07, 6.45) is 0.799. The number of hydrogen-bond donors (Lipinski definition) is 2. The average Bonchev–Trinajstić information content (AvgIpc) is 2.61. The Labute approximate surface area is 149 Å². The van der Waals surface area contributed by atoms with Crippen molar-refractivity contribution in [1.29, 1.82) is 5.26 Å². The number of anilines is 1. The number of nitrogens with one attached hydrogen (secondary N) is 2. The van der Waals surface area contributed by atoms with E-state index in [1.54, 1.807) is 6.92 Å². The van der Waals surface area contributed by atoms with Gasteiger partial charge in [0.25, 0.3) is 0 Å². The number of amides is 1. The number of nitriles is 1. The Morgan fingerprint density at radius 3 is 2.40 bits per heavy atom. The highest BCUT2D eigenvalue weighted by molar-refractivity contribution is 5.82. The first-order chi connectivity index (χ1) is 11.9. The van der Waals surface area contributed by atoms with E-state index in [1.807, 2.05) is 50.2 Å². The molecule has 1 atom stereocenters. The van der Waals surface area contributed by atoms with Gasteiger partial charge in [0.2, 0.25) is 5.91 Å². The first kappa shape index (κ1) is 18.5. The van der Waals surface area contributed by atoms with Crippen LogP contribution in [0.3, 0.4) is 0 Å². The standard InChI is InChI=1S/C21H25N3O/c1-16(2)21(3,15-22)24-20(25)14-23-19-12-8-7-11-18(19)13-17-9-5-4-6-10-17/h4-12,16,23H,13-14H2,1-3H3,(H,24,25). The molecule has 25 heavy (non-hydrogen) atoms. The number of nitrogens with zero attached hydrogens (tertiary/aromatic N) is 1. The van der Waals surface area contributed by atoms with Gasteiger partial charge in [-0.3, -0.25) is 4.79 Å². The smallest absolute Gasteiger partial charge is 0.240 e. The average molecular weight is 335 g/mol. The van der Waals surface area contributed by atoms with Crippen LogP contribution in [0.25, 0.3) is 0 Å². The summed E-state index contributed by atoms with van der Waals surface area (Å²) < 4.78 is 0. The van der Waals surface area contributed by atoms with Gasteiger partial charge >= 0.3 is 0 Å². The minimum absolute atomic E-state index is 0.0341. The fourth-order valence-electron chi connectivity index (χ4n) is 2.47. The summed E-state index contributed by atoms with van der Waals surface area (Å²) in [6, 6.07) is 20.4. The number of hydrogen-bond acceptors (Lipinski definition) is 3. The maximum absolute atomic E-state index is 12.2. The fourth-order valence-corrected chi connectivity index (χ4v) is 2.47. The lowest BCUT2D eigenvalue weighted by Gasteiger charge is -2.27. The molecule has 2 aromatic carbocycles. The zero-order valence-electron chi connectivity index (χ0n) is 15.0. The molecule has 130 valence electrons. The molecule has 2 rings (SSSR count). The molecule has 4 nitrogen and oxygen atoms in total. The van der Waals surface area contributed by atoms with E-state index in [9.17, 15) is 10.1 Å². The van der Waals surface area contributed by atoms with Crippen molar-refractivity contribution in [3.05, 3.63) is 65.7 Å². The quantitative estimate of drug-likeness (QED) is 0.810. The van der Waals surface area contributed by atoms with Gasteiger partial charge < -0.3 is 10.6 Å². The van der Waals surface area contributed by atoms with Crippen molar-refractivity contribution < 1.29 is 4.79 Å². The lowest BCUT2D eigenvalue weighted by Crippen LogP contribution is -2.50. The van der Waals surface area contributed by atoms with Crippen molar-refractivity contribution in [3.63, 3.8) is 0 Å². The van der Waals surface area contributed by atoms with E-state index in [2.05, 4.69) is 34.9 Å². The third-order valence-electron chi connectivity index (χ3n) is 4.48. The van der Waals surface area contributed by atoms with Crippen LogP contribution in [0.5, 0.6) is 0 Å². The summed E-state index contributed by atoms with van der Waals surface area (Å²) in [5.41, 5.74) is 2.43. The number of benzene rings is 2. The lowest BCUT2D eigenvalue weighted by molar-refractivity contribution is -0.121. The molecule has 4 heteroatoms. The molecule has 0 fully saturated rings. The fraction of sp³-hybridized carbons (Fsp3) is 0.333. The Kier molecular flexibility index (Phi) is 6.19. The van der Waals surface area contributed by atoms with Gasteiger partial charge in [0, 0.05) is 5.69 Å². The summed E-state index contributed by atoms with van der Waals surface area (Å²) in [4.78, 5) is 12.2. The second-order valence-corrected chi connectivity index (χ2v) is 6.69. The second kappa shape index (κ2) is 8.34. The third kappa shape index (κ3) is 5.09. The molecule has 0 bridgehead atoms. The van der Waals surface area contributed by atoms with Crippen molar-refractivity contribution in [1.82, 2.24) is 5.32 Å². The molecule has 1 amide bonds. The predicted octanol–water partition coefficient (Wildman–Crippen LogP) is 3.74. The molecular formula is C21H25N3O. The lowest BCUT2D eigenvalue weighted by atomic mass is 9.90. The van der Waals surface area contributed by atoms with Crippen LogP contribution < -0.4 is 10.6 Å². The number of rotatable bonds is 7. The van der Waals surface area contributed by atoms with Crippen molar-refractivity contribution >= 4 is 11.6 Å². The molecule has 0 saturated heterocycles. The van der Waals surface area contributed by atoms with Gasteiger partial charge in [0.15, 0.2) is 0 Å². The first-order valence-corrected chi connectivity index (χ1v) is 8.52. The molecule has 0 saturated carbocycles. The summed E-state index contributed by atoms with van der Waals surface area (Å²) in [6.45, 7) is 5.73. The molecule has 0 aliphatic rings. The van der Waals surface area contributed by atoms with Crippen molar-refractivity contribution in [2.24, 2.45) is 5.92 Å². The zero-order chi connectivity index (χ0) is 18.3. The van der Waals surface area contributed by atoms with Gasteiger partial charge in [0.1, 0.15) is 5.54 Å². The normalized spacial score (nSPS) is 12.9. The highest BCUT2D eigenvalue weighted by Crippen LogP contribution is 2.19. The predicted molar refractivity (Wildman–Crippen MR) is 101 cm³/mol. The molecule has 0 aliphatic carbocycles. The van der Waals surface area contributed by atoms with Gasteiger partial charge in [-0.05, 0) is 36.5 Å². The van der Waals surface area contributed by atoms with Crippen molar-refractivity contribution in [2.45, 2.75) is 32.7 Å². The van der Waals surface area contributed by atoms with Crippen LogP contribution in [0.1, 0.15) is 31.9 Å². The summed E-state index contributed by atoms with van der Waals surface area (Å²) >= 11 is 0. The Morgan fingerprint density at radius 2 is 1.76 bits per heavy atom. The number of para-hydroxylation sites is 1. The minimum Gasteiger partial charge on any atom is -0.376 e. The first-order valence-electron chi connectivity index (χ1n) is 8.52. The summed E-state index contributed by atoms with van der Waals surface area (Å²) in [7, 11) is 0. The number of carbonyl (C=O) groups excluding carboxylic acids is 1. The molecule has 2 N–H and O–H groups in total. The molecule has 0 aliphatic heterocycles. The van der Waals surface area contributed by atoms with Crippen molar-refractivity contribution in [2.75, 3.05) is 11.9 Å². The molecule has 1 unspecified atom stereocenters. The van der Waals surface area contributed by atoms with Crippen LogP contribution in [0, 0.1) is 17.2 Å². The Bertz CT molecular complexity index is 749. The van der Waals surface area contributed by atoms with Gasteiger partial charge in [-0.25, -0.2) is 0 Å². The highest BCUT2D eigenvalue weighted by Gasteiger charge is 2.29. The van der Waals surface area contributed by atoms with Crippen LogP contribution in [-0.4, -0.2) is 18.0 Å². The molecular weight excluding hydrogens is 310 g/mol. The van der Waals surface area contributed by atoms with Crippen LogP contribution >= 0.6 is 0 Å². The van der Waals surface area contributed by atoms with Gasteiger partial charge in [-0.15, -0.1) is 0 Å². The van der Waals surface area contributed by atoms with Gasteiger partial charge in [0.05, 0.1) is 12.6 Å². The van der Waals surface area contributed by atoms with E-state index >= 15 is 0 Å². The van der Waals surface area contributed by atoms with Gasteiger partial charge in [-0.1, -0.05) is 62.4 Å². The largest absolute Gasteiger partial charge is 0.376 e. The highest BCUT2D eigenvalue weighted by atomic mass is 16.2. The molecule has 0 aromatic heterocycles. The van der Waals surface area contributed by atoms with E-state index < -0.39 is 5.54 Å². The maximum atomic E-state index is 12.2. The SMILES string of the molecule is CC(C)C(C)(C#N)NC(=O)CNc1ccccc1Cc1ccccc1. The van der Waals surface area contributed by atoms with Crippen LogP contribution in [0.15, 0.2) is 54.6 Å². The Morgan fingerprint density at radius 1 is 1.12 bits per heavy atom. The molecule has 0 radical (unpaired) electrons. The van der Waals surface area contributed by atoms with Gasteiger partial charge in [-0.2, -0.15) is 5.26 Å². The minimum atomic E-state index is -0.859. The maximum Gasteiger partial charge on any atom is 0.240 e. The second-order valence-electron chi connectivity index (χ2n) is 6.69. The molecule has 0 heterocycles. The van der Waals surface area contributed by atoms with Crippen LogP contribution in [-0.2, 0) is 11.2 Å². The summed E-state index contributed by atoms with van der Waals surface area (Å²) in [5, 5.41) is 15.3. The van der Waals surface area contributed by atoms with E-state index in [0.29, 0.717) is 0 Å². The molecule has 0 spiro atoms. The Balaban J connectivity index is 2.02. The van der Waals surface area contributed by atoms with E-state index in [0.717, 1.165) is 17.7 Å². The van der Waals surface area contributed by atoms with Crippen LogP contribution in [0.4, 0.5) is 5.69 Å². The van der Waals surface area contributed by atoms with Crippen molar-refractivity contribution in [3.8, 4) is 6.07 Å². The van der Waals surface area contributed by atoms with E-state index in [1.165, 1.54) is 5.56 Å². The zero-order valence-corrected chi connectivity index (χ0v) is 15.0. The monoisotopic (exact) mass is 335 g/mol. The summed E-state index contributed by atoms with van der Waals surface area (Å²) in [5.74, 6) is -0.154. The van der Waals surface area contributed by atoms with E-state index in [-0.39, 0.29) is 18.4 Å². The number of carbonyl (C=O) groups is 1. The van der Waals surface area contributed by atoms with E-state index in [4.69, 9.17) is 0 Å². The Hall–Kier alpha value is -2.80. The van der Waals surface area contributed by atoms with Crippen LogP contribution in [0.2, 0.25) is 0 Å². The third-order valence-corrected chi connectivity index (χ3v) is 4.48. The topological polar surface area (TPSA) is 64.9 Å². The molecule has 2 aromatic rings.